The molecule has 1 rings (SSSR count). The molecular formula is C5H16N2O6PtS. The third-order valence-corrected chi connectivity index (χ3v) is 1.62. The van der Waals surface area contributed by atoms with E-state index in [4.69, 9.17) is 29.0 Å². The van der Waals surface area contributed by atoms with E-state index in [-0.39, 0.29) is 32.0 Å². The summed E-state index contributed by atoms with van der Waals surface area (Å²) in [7, 11) is -5.17. The van der Waals surface area contributed by atoms with Crippen LogP contribution in [-0.2, 0) is 31.5 Å². The van der Waals surface area contributed by atoms with Crippen molar-refractivity contribution >= 4 is 10.4 Å². The molecule has 15 heavy (non-hydrogen) atoms. The third kappa shape index (κ3) is 20.5. The molecule has 2 atom stereocenters. The second-order valence-electron chi connectivity index (χ2n) is 2.67. The van der Waals surface area contributed by atoms with Crippen molar-refractivity contribution in [2.75, 3.05) is 0 Å². The minimum absolute atomic E-state index is 0. The van der Waals surface area contributed by atoms with Crippen molar-refractivity contribution in [3.63, 3.8) is 0 Å². The van der Waals surface area contributed by atoms with Gasteiger partial charge < -0.3 is 31.5 Å². The van der Waals surface area contributed by atoms with Gasteiger partial charge in [-0.1, -0.05) is 6.42 Å². The predicted molar refractivity (Wildman–Crippen MR) is 47.5 cm³/mol. The van der Waals surface area contributed by atoms with Gasteiger partial charge in [-0.3, -0.25) is 8.42 Å². The minimum atomic E-state index is -5.17. The van der Waals surface area contributed by atoms with Crippen LogP contribution in [0.2, 0.25) is 0 Å². The summed E-state index contributed by atoms with van der Waals surface area (Å²) in [5.74, 6) is 0. The van der Waals surface area contributed by atoms with Crippen LogP contribution in [0.5, 0.6) is 0 Å². The molecule has 0 spiro atoms. The Morgan fingerprint density at radius 1 is 1.00 bits per heavy atom. The average molecular weight is 427 g/mol. The van der Waals surface area contributed by atoms with Crippen LogP contribution >= 0.6 is 0 Å². The van der Waals surface area contributed by atoms with Crippen molar-refractivity contribution < 1.29 is 49.5 Å². The first-order valence-electron chi connectivity index (χ1n) is 3.48. The Bertz CT molecular complexity index is 208. The standard InChI is InChI=1S/C5H12N2.H2O4S.2H2O.Pt/c6-4-2-1-3-5(4)7;1-5(2,3)4;;;/h4-5H,1-3,6-7H2;(H2,1,2,3,4);2*1H2;/q;;;;+2/p-2/t4-,5-;;;;/m1..../s1. The van der Waals surface area contributed by atoms with Crippen molar-refractivity contribution in [1.82, 2.24) is 0 Å². The van der Waals surface area contributed by atoms with E-state index in [0.717, 1.165) is 12.8 Å². The van der Waals surface area contributed by atoms with Gasteiger partial charge in [0.05, 0.1) is 0 Å². The van der Waals surface area contributed by atoms with Gasteiger partial charge in [0.15, 0.2) is 0 Å². The van der Waals surface area contributed by atoms with E-state index in [2.05, 4.69) is 0 Å². The maximum atomic E-state index is 8.52. The van der Waals surface area contributed by atoms with E-state index in [1.807, 2.05) is 0 Å². The van der Waals surface area contributed by atoms with Crippen molar-refractivity contribution in [1.29, 1.82) is 0 Å². The Labute approximate surface area is 103 Å². The molecule has 0 bridgehead atoms. The second kappa shape index (κ2) is 10.9. The number of rotatable bonds is 0. The monoisotopic (exact) mass is 427 g/mol. The van der Waals surface area contributed by atoms with Crippen LogP contribution in [0.25, 0.3) is 0 Å². The van der Waals surface area contributed by atoms with Gasteiger partial charge in [0.25, 0.3) is 0 Å². The van der Waals surface area contributed by atoms with E-state index < -0.39 is 10.4 Å². The second-order valence-corrected chi connectivity index (χ2v) is 3.48. The van der Waals surface area contributed by atoms with Crippen molar-refractivity contribution in [2.45, 2.75) is 31.3 Å². The van der Waals surface area contributed by atoms with E-state index in [1.165, 1.54) is 6.42 Å². The summed E-state index contributed by atoms with van der Waals surface area (Å²) in [5, 5.41) is 0. The molecule has 0 saturated heterocycles. The fourth-order valence-corrected chi connectivity index (χ4v) is 1.02. The van der Waals surface area contributed by atoms with Crippen LogP contribution in [-0.4, -0.2) is 40.6 Å². The predicted octanol–water partition coefficient (Wildman–Crippen LogP) is -3.16. The maximum Gasteiger partial charge on any atom is 2.00 e. The Morgan fingerprint density at radius 3 is 1.27 bits per heavy atom. The quantitative estimate of drug-likeness (QED) is 0.302. The van der Waals surface area contributed by atoms with Crippen LogP contribution in [0.3, 0.4) is 0 Å². The molecule has 0 heterocycles. The molecule has 0 amide bonds. The van der Waals surface area contributed by atoms with Gasteiger partial charge in [-0.2, -0.15) is 0 Å². The molecule has 0 aromatic rings. The normalized spacial score (nSPS) is 23.5. The Kier molecular flexibility index (Phi) is 17.9. The summed E-state index contributed by atoms with van der Waals surface area (Å²) in [4.78, 5) is 0. The topological polar surface area (TPSA) is 195 Å². The van der Waals surface area contributed by atoms with Crippen LogP contribution < -0.4 is 11.5 Å². The average Bonchev–Trinajstić information content (AvgIpc) is 2.12. The summed E-state index contributed by atoms with van der Waals surface area (Å²) in [6, 6.07) is 0.583. The van der Waals surface area contributed by atoms with Gasteiger partial charge in [0, 0.05) is 22.5 Å². The summed E-state index contributed by atoms with van der Waals surface area (Å²) >= 11 is 0. The van der Waals surface area contributed by atoms with Crippen LogP contribution in [0.15, 0.2) is 0 Å². The first-order chi connectivity index (χ1) is 5.30. The summed E-state index contributed by atoms with van der Waals surface area (Å²) in [5.41, 5.74) is 11.1. The van der Waals surface area contributed by atoms with Gasteiger partial charge in [0.2, 0.25) is 0 Å². The van der Waals surface area contributed by atoms with Crippen molar-refractivity contribution in [3.05, 3.63) is 0 Å². The number of nitrogens with two attached hydrogens (primary N) is 2. The third-order valence-electron chi connectivity index (χ3n) is 1.62. The number of hydrogen-bond acceptors (Lipinski definition) is 6. The van der Waals surface area contributed by atoms with Gasteiger partial charge in [-0.25, -0.2) is 0 Å². The fourth-order valence-electron chi connectivity index (χ4n) is 1.02. The molecule has 10 heteroatoms. The van der Waals surface area contributed by atoms with Crippen molar-refractivity contribution in [2.24, 2.45) is 11.5 Å². The molecule has 1 saturated carbocycles. The summed E-state index contributed by atoms with van der Waals surface area (Å²) < 4.78 is 34.1. The summed E-state index contributed by atoms with van der Waals surface area (Å²) in [6.45, 7) is 0. The SMILES string of the molecule is N[C@@H]1CCC[C@H]1N.O.O.O=S(=O)([O-])[O-].[Pt+2]. The minimum Gasteiger partial charge on any atom is -0.759 e. The molecule has 1 aliphatic carbocycles. The zero-order valence-corrected chi connectivity index (χ0v) is 10.9. The van der Waals surface area contributed by atoms with Gasteiger partial charge in [0.1, 0.15) is 0 Å². The molecule has 0 unspecified atom stereocenters. The zero-order valence-electron chi connectivity index (χ0n) is 7.79. The zero-order chi connectivity index (χ0) is 9.78. The molecule has 98 valence electrons. The van der Waals surface area contributed by atoms with E-state index in [9.17, 15) is 0 Å². The molecule has 0 aliphatic heterocycles. The van der Waals surface area contributed by atoms with E-state index in [0.29, 0.717) is 12.1 Å². The first kappa shape index (κ1) is 24.6. The largest absolute Gasteiger partial charge is 2.00 e. The summed E-state index contributed by atoms with van der Waals surface area (Å²) in [6.07, 6.45) is 3.48. The van der Waals surface area contributed by atoms with Gasteiger partial charge in [-0.05, 0) is 12.8 Å². The Morgan fingerprint density at radius 2 is 1.20 bits per heavy atom. The van der Waals surface area contributed by atoms with Crippen LogP contribution in [0.1, 0.15) is 19.3 Å². The molecule has 8 N–H and O–H groups in total. The van der Waals surface area contributed by atoms with Gasteiger partial charge >= 0.3 is 21.1 Å². The number of hydrogen-bond donors (Lipinski definition) is 2. The molecule has 0 aromatic carbocycles. The van der Waals surface area contributed by atoms with Gasteiger partial charge in [-0.15, -0.1) is 0 Å². The molecule has 1 aliphatic rings. The fraction of sp³-hybridized carbons (Fsp3) is 1.00. The first-order valence-corrected chi connectivity index (χ1v) is 4.82. The van der Waals surface area contributed by atoms with E-state index in [1.54, 1.807) is 0 Å². The van der Waals surface area contributed by atoms with Crippen LogP contribution in [0.4, 0.5) is 0 Å². The molecule has 8 nitrogen and oxygen atoms in total. The Hall–Kier alpha value is 0.398. The molecule has 0 radical (unpaired) electrons. The van der Waals surface area contributed by atoms with Crippen LogP contribution in [0, 0.1) is 0 Å². The maximum absolute atomic E-state index is 8.52. The van der Waals surface area contributed by atoms with E-state index >= 15 is 0 Å². The Balaban J connectivity index is -0.0000000701. The smallest absolute Gasteiger partial charge is 0.759 e. The van der Waals surface area contributed by atoms with Crippen molar-refractivity contribution in [3.8, 4) is 0 Å². The molecule has 0 aromatic heterocycles. The molecule has 1 fully saturated rings. The molecular weight excluding hydrogens is 411 g/mol.